The Bertz CT molecular complexity index is 1300. The Balaban J connectivity index is 1.41. The van der Waals surface area contributed by atoms with E-state index in [9.17, 15) is 9.59 Å². The predicted molar refractivity (Wildman–Crippen MR) is 150 cm³/mol. The molecule has 2 amide bonds. The molecule has 3 aromatic carbocycles. The number of ether oxygens (including phenoxy) is 2. The van der Waals surface area contributed by atoms with Crippen molar-refractivity contribution in [2.24, 2.45) is 0 Å². The van der Waals surface area contributed by atoms with Gasteiger partial charge in [0.05, 0.1) is 17.2 Å². The second-order valence-corrected chi connectivity index (χ2v) is 9.54. The van der Waals surface area contributed by atoms with Crippen LogP contribution in [0.15, 0.2) is 77.7 Å². The molecule has 4 rings (SSSR count). The van der Waals surface area contributed by atoms with E-state index in [1.54, 1.807) is 18.2 Å². The smallest absolute Gasteiger partial charge is 0.270 e. The lowest BCUT2D eigenvalue weighted by Crippen LogP contribution is -2.27. The Morgan fingerprint density at radius 2 is 1.78 bits per heavy atom. The fraction of sp³-hybridized carbons (Fsp3) is 0.179. The van der Waals surface area contributed by atoms with Crippen LogP contribution in [-0.2, 0) is 16.0 Å². The van der Waals surface area contributed by atoms with Crippen molar-refractivity contribution >= 4 is 57.6 Å². The molecule has 184 valence electrons. The number of thioether (sulfide) groups is 1. The van der Waals surface area contributed by atoms with Gasteiger partial charge in [0, 0.05) is 5.69 Å². The highest BCUT2D eigenvalue weighted by Gasteiger charge is 2.33. The van der Waals surface area contributed by atoms with Gasteiger partial charge in [0.1, 0.15) is 11.5 Å². The summed E-state index contributed by atoms with van der Waals surface area (Å²) in [5, 5.41) is 2.89. The van der Waals surface area contributed by atoms with Gasteiger partial charge in [-0.2, -0.15) is 0 Å². The summed E-state index contributed by atoms with van der Waals surface area (Å²) in [5.41, 5.74) is 3.32. The van der Waals surface area contributed by atoms with Crippen LogP contribution in [0.3, 0.4) is 0 Å². The van der Waals surface area contributed by atoms with Gasteiger partial charge in [-0.1, -0.05) is 61.2 Å². The molecular formula is C28H26N2O4S2. The number of thiocarbonyl (C=S) groups is 1. The van der Waals surface area contributed by atoms with Crippen LogP contribution in [0.1, 0.15) is 25.0 Å². The van der Waals surface area contributed by atoms with Crippen LogP contribution in [0.2, 0.25) is 0 Å². The zero-order valence-corrected chi connectivity index (χ0v) is 21.7. The number of hydrogen-bond donors (Lipinski definition) is 1. The van der Waals surface area contributed by atoms with Crippen molar-refractivity contribution in [3.63, 3.8) is 0 Å². The number of hydrogen-bond acceptors (Lipinski definition) is 6. The van der Waals surface area contributed by atoms with Gasteiger partial charge in [-0.05, 0) is 73.0 Å². The van der Waals surface area contributed by atoms with Gasteiger partial charge in [0.25, 0.3) is 11.8 Å². The zero-order valence-electron chi connectivity index (χ0n) is 20.0. The lowest BCUT2D eigenvalue weighted by Gasteiger charge is -2.15. The topological polar surface area (TPSA) is 67.9 Å². The minimum Gasteiger partial charge on any atom is -0.494 e. The first kappa shape index (κ1) is 25.5. The van der Waals surface area contributed by atoms with E-state index >= 15 is 0 Å². The first-order valence-electron chi connectivity index (χ1n) is 11.6. The quantitative estimate of drug-likeness (QED) is 0.274. The standard InChI is InChI=1S/C28H26N2O4S2/c1-3-20-9-5-6-11-24(20)29-26(31)18-34-23-10-7-8-19(16-23)17-25-27(32)30(28(35)36-25)21-12-14-22(15-13-21)33-4-2/h5-17H,3-4,18H2,1-2H3,(H,29,31)/b25-17-. The third-order valence-electron chi connectivity index (χ3n) is 5.40. The summed E-state index contributed by atoms with van der Waals surface area (Å²) in [4.78, 5) is 27.5. The molecule has 3 aromatic rings. The minimum atomic E-state index is -0.238. The number of rotatable bonds is 9. The van der Waals surface area contributed by atoms with Gasteiger partial charge in [0.15, 0.2) is 10.9 Å². The molecule has 0 radical (unpaired) electrons. The Labute approximate surface area is 220 Å². The van der Waals surface area contributed by atoms with Crippen molar-refractivity contribution in [3.8, 4) is 11.5 Å². The molecular weight excluding hydrogens is 492 g/mol. The third-order valence-corrected chi connectivity index (χ3v) is 6.70. The molecule has 8 heteroatoms. The number of nitrogens with zero attached hydrogens (tertiary/aromatic N) is 1. The average Bonchev–Trinajstić information content (AvgIpc) is 3.16. The summed E-state index contributed by atoms with van der Waals surface area (Å²) in [7, 11) is 0. The van der Waals surface area contributed by atoms with Crippen LogP contribution in [0, 0.1) is 0 Å². The molecule has 0 aliphatic carbocycles. The summed E-state index contributed by atoms with van der Waals surface area (Å²) in [6.45, 7) is 4.41. The Morgan fingerprint density at radius 1 is 1.00 bits per heavy atom. The third kappa shape index (κ3) is 6.13. The maximum atomic E-state index is 13.1. The predicted octanol–water partition coefficient (Wildman–Crippen LogP) is 6.07. The molecule has 0 saturated carbocycles. The van der Waals surface area contributed by atoms with Crippen molar-refractivity contribution < 1.29 is 19.1 Å². The number of carbonyl (C=O) groups is 2. The van der Waals surface area contributed by atoms with Crippen molar-refractivity contribution in [1.82, 2.24) is 0 Å². The normalized spacial score (nSPS) is 14.3. The SMILES string of the molecule is CCOc1ccc(N2C(=O)/C(=C/c3cccc(OCC(=O)Nc4ccccc4CC)c3)SC2=S)cc1. The van der Waals surface area contributed by atoms with E-state index in [1.165, 1.54) is 16.7 Å². The summed E-state index contributed by atoms with van der Waals surface area (Å²) in [6, 6.07) is 22.2. The fourth-order valence-electron chi connectivity index (χ4n) is 3.68. The number of aryl methyl sites for hydroxylation is 1. The van der Waals surface area contributed by atoms with E-state index in [-0.39, 0.29) is 18.4 Å². The number of amides is 2. The highest BCUT2D eigenvalue weighted by molar-refractivity contribution is 8.27. The first-order chi connectivity index (χ1) is 17.5. The number of para-hydroxylation sites is 1. The lowest BCUT2D eigenvalue weighted by molar-refractivity contribution is -0.118. The number of benzene rings is 3. The second-order valence-electron chi connectivity index (χ2n) is 7.86. The van der Waals surface area contributed by atoms with Crippen LogP contribution in [-0.4, -0.2) is 29.3 Å². The van der Waals surface area contributed by atoms with Crippen LogP contribution in [0.25, 0.3) is 6.08 Å². The van der Waals surface area contributed by atoms with Gasteiger partial charge in [-0.25, -0.2) is 0 Å². The molecule has 1 heterocycles. The van der Waals surface area contributed by atoms with Crippen molar-refractivity contribution in [3.05, 3.63) is 88.8 Å². The number of carbonyl (C=O) groups excluding carboxylic acids is 2. The first-order valence-corrected chi connectivity index (χ1v) is 12.8. The van der Waals surface area contributed by atoms with Gasteiger partial charge in [0.2, 0.25) is 0 Å². The highest BCUT2D eigenvalue weighted by Crippen LogP contribution is 2.36. The van der Waals surface area contributed by atoms with Crippen LogP contribution < -0.4 is 19.7 Å². The fourth-order valence-corrected chi connectivity index (χ4v) is 4.98. The number of anilines is 2. The molecule has 1 aliphatic heterocycles. The average molecular weight is 519 g/mol. The van der Waals surface area contributed by atoms with E-state index in [0.29, 0.717) is 27.3 Å². The molecule has 36 heavy (non-hydrogen) atoms. The summed E-state index contributed by atoms with van der Waals surface area (Å²) >= 11 is 6.72. The molecule has 1 N–H and O–H groups in total. The van der Waals surface area contributed by atoms with Crippen molar-refractivity contribution in [2.75, 3.05) is 23.4 Å². The Hall–Kier alpha value is -3.62. The maximum absolute atomic E-state index is 13.1. The molecule has 0 bridgehead atoms. The summed E-state index contributed by atoms with van der Waals surface area (Å²) in [5.74, 6) is 0.846. The molecule has 0 aromatic heterocycles. The van der Waals surface area contributed by atoms with Crippen LogP contribution >= 0.6 is 24.0 Å². The minimum absolute atomic E-state index is 0.124. The van der Waals surface area contributed by atoms with E-state index in [2.05, 4.69) is 5.32 Å². The van der Waals surface area contributed by atoms with E-state index in [4.69, 9.17) is 21.7 Å². The van der Waals surface area contributed by atoms with Crippen LogP contribution in [0.5, 0.6) is 11.5 Å². The van der Waals surface area contributed by atoms with Gasteiger partial charge < -0.3 is 14.8 Å². The summed E-state index contributed by atoms with van der Waals surface area (Å²) in [6.07, 6.45) is 2.60. The Morgan fingerprint density at radius 3 is 2.53 bits per heavy atom. The van der Waals surface area contributed by atoms with Crippen LogP contribution in [0.4, 0.5) is 11.4 Å². The molecule has 0 unspecified atom stereocenters. The largest absolute Gasteiger partial charge is 0.494 e. The monoisotopic (exact) mass is 518 g/mol. The van der Waals surface area contributed by atoms with Crippen molar-refractivity contribution in [2.45, 2.75) is 20.3 Å². The molecule has 0 atom stereocenters. The molecule has 6 nitrogen and oxygen atoms in total. The lowest BCUT2D eigenvalue weighted by atomic mass is 10.1. The summed E-state index contributed by atoms with van der Waals surface area (Å²) < 4.78 is 11.6. The maximum Gasteiger partial charge on any atom is 0.270 e. The molecule has 0 spiro atoms. The Kier molecular flexibility index (Phi) is 8.40. The number of nitrogens with one attached hydrogen (secondary N) is 1. The zero-order chi connectivity index (χ0) is 25.5. The van der Waals surface area contributed by atoms with E-state index in [1.807, 2.05) is 74.5 Å². The van der Waals surface area contributed by atoms with E-state index in [0.717, 1.165) is 29.0 Å². The second kappa shape index (κ2) is 11.9. The van der Waals surface area contributed by atoms with E-state index < -0.39 is 0 Å². The molecule has 1 aliphatic rings. The van der Waals surface area contributed by atoms with Crippen molar-refractivity contribution in [1.29, 1.82) is 0 Å². The molecule has 1 saturated heterocycles. The highest BCUT2D eigenvalue weighted by atomic mass is 32.2. The van der Waals surface area contributed by atoms with Gasteiger partial charge in [-0.15, -0.1) is 0 Å². The van der Waals surface area contributed by atoms with Gasteiger partial charge in [-0.3, -0.25) is 14.5 Å². The molecule has 1 fully saturated rings. The van der Waals surface area contributed by atoms with Gasteiger partial charge >= 0.3 is 0 Å².